The van der Waals surface area contributed by atoms with Crippen LogP contribution in [-0.2, 0) is 6.61 Å². The lowest BCUT2D eigenvalue weighted by Gasteiger charge is -2.15. The lowest BCUT2D eigenvalue weighted by molar-refractivity contribution is 0.102. The molecule has 138 valence electrons. The van der Waals surface area contributed by atoms with Gasteiger partial charge in [0, 0.05) is 11.3 Å². The van der Waals surface area contributed by atoms with E-state index in [0.717, 1.165) is 29.0 Å². The van der Waals surface area contributed by atoms with Crippen molar-refractivity contribution >= 4 is 11.6 Å². The minimum atomic E-state index is -0.111. The van der Waals surface area contributed by atoms with E-state index in [1.807, 2.05) is 60.7 Å². The molecule has 1 N–H and O–H groups in total. The van der Waals surface area contributed by atoms with E-state index >= 15 is 0 Å². The summed E-state index contributed by atoms with van der Waals surface area (Å²) in [6.45, 7) is 4.83. The molecule has 0 aliphatic carbocycles. The van der Waals surface area contributed by atoms with Gasteiger partial charge < -0.3 is 10.1 Å². The molecule has 3 aromatic carbocycles. The van der Waals surface area contributed by atoms with E-state index in [2.05, 4.69) is 25.2 Å². The molecule has 0 aromatic heterocycles. The van der Waals surface area contributed by atoms with Gasteiger partial charge in [-0.2, -0.15) is 0 Å². The molecule has 1 unspecified atom stereocenters. The van der Waals surface area contributed by atoms with Crippen LogP contribution in [0.1, 0.15) is 47.7 Å². The highest BCUT2D eigenvalue weighted by atomic mass is 16.5. The van der Waals surface area contributed by atoms with Crippen LogP contribution in [0.4, 0.5) is 5.69 Å². The molecule has 27 heavy (non-hydrogen) atoms. The SMILES string of the molecule is CCC(C)c1ccccc1NC(=O)c1ccc(OCc2ccccc2)cc1. The highest BCUT2D eigenvalue weighted by Gasteiger charge is 2.12. The maximum absolute atomic E-state index is 12.6. The molecule has 0 aliphatic rings. The standard InChI is InChI=1S/C24H25NO2/c1-3-18(2)22-11-7-8-12-23(22)25-24(26)20-13-15-21(16-14-20)27-17-19-9-5-4-6-10-19/h4-16,18H,3,17H2,1-2H3,(H,25,26). The third-order valence-electron chi connectivity index (χ3n) is 4.72. The second kappa shape index (κ2) is 9.04. The summed E-state index contributed by atoms with van der Waals surface area (Å²) in [4.78, 5) is 12.6. The third kappa shape index (κ3) is 4.98. The second-order valence-electron chi connectivity index (χ2n) is 6.65. The summed E-state index contributed by atoms with van der Waals surface area (Å²) >= 11 is 0. The number of amides is 1. The van der Waals surface area contributed by atoms with Crippen LogP contribution in [-0.4, -0.2) is 5.91 Å². The fourth-order valence-electron chi connectivity index (χ4n) is 2.90. The Morgan fingerprint density at radius 1 is 0.926 bits per heavy atom. The minimum Gasteiger partial charge on any atom is -0.489 e. The molecular formula is C24H25NO2. The Hall–Kier alpha value is -3.07. The van der Waals surface area contributed by atoms with Crippen LogP contribution in [0.25, 0.3) is 0 Å². The van der Waals surface area contributed by atoms with Crippen molar-refractivity contribution < 1.29 is 9.53 Å². The number of hydrogen-bond donors (Lipinski definition) is 1. The Bertz CT molecular complexity index is 872. The van der Waals surface area contributed by atoms with E-state index in [0.29, 0.717) is 18.1 Å². The largest absolute Gasteiger partial charge is 0.489 e. The Morgan fingerprint density at radius 2 is 1.59 bits per heavy atom. The van der Waals surface area contributed by atoms with Gasteiger partial charge in [-0.3, -0.25) is 4.79 Å². The van der Waals surface area contributed by atoms with Crippen LogP contribution >= 0.6 is 0 Å². The highest BCUT2D eigenvalue weighted by molar-refractivity contribution is 6.04. The van der Waals surface area contributed by atoms with Crippen molar-refractivity contribution in [3.63, 3.8) is 0 Å². The lowest BCUT2D eigenvalue weighted by Crippen LogP contribution is -2.13. The normalized spacial score (nSPS) is 11.6. The highest BCUT2D eigenvalue weighted by Crippen LogP contribution is 2.27. The van der Waals surface area contributed by atoms with Crippen molar-refractivity contribution in [3.05, 3.63) is 95.6 Å². The number of ether oxygens (including phenoxy) is 1. The summed E-state index contributed by atoms with van der Waals surface area (Å²) in [6.07, 6.45) is 1.03. The monoisotopic (exact) mass is 359 g/mol. The van der Waals surface area contributed by atoms with Gasteiger partial charge in [-0.25, -0.2) is 0 Å². The fourth-order valence-corrected chi connectivity index (χ4v) is 2.90. The van der Waals surface area contributed by atoms with Crippen LogP contribution in [0.2, 0.25) is 0 Å². The summed E-state index contributed by atoms with van der Waals surface area (Å²) in [5.41, 5.74) is 3.76. The second-order valence-corrected chi connectivity index (χ2v) is 6.65. The van der Waals surface area contributed by atoms with Crippen LogP contribution < -0.4 is 10.1 Å². The number of anilines is 1. The molecule has 1 amide bonds. The molecule has 0 saturated carbocycles. The Morgan fingerprint density at radius 3 is 2.30 bits per heavy atom. The number of hydrogen-bond acceptors (Lipinski definition) is 2. The maximum Gasteiger partial charge on any atom is 0.255 e. The maximum atomic E-state index is 12.6. The van der Waals surface area contributed by atoms with E-state index < -0.39 is 0 Å². The molecular weight excluding hydrogens is 334 g/mol. The van der Waals surface area contributed by atoms with Crippen LogP contribution in [0.5, 0.6) is 5.75 Å². The molecule has 0 fully saturated rings. The minimum absolute atomic E-state index is 0.111. The molecule has 3 aromatic rings. The molecule has 0 spiro atoms. The zero-order chi connectivity index (χ0) is 19.1. The van der Waals surface area contributed by atoms with E-state index in [-0.39, 0.29) is 5.91 Å². The summed E-state index contributed by atoms with van der Waals surface area (Å²) < 4.78 is 5.78. The Balaban J connectivity index is 1.64. The number of carbonyl (C=O) groups is 1. The van der Waals surface area contributed by atoms with Crippen molar-refractivity contribution in [2.45, 2.75) is 32.8 Å². The zero-order valence-corrected chi connectivity index (χ0v) is 15.8. The topological polar surface area (TPSA) is 38.3 Å². The summed E-state index contributed by atoms with van der Waals surface area (Å²) in [5.74, 6) is 1.03. The molecule has 3 rings (SSSR count). The van der Waals surface area contributed by atoms with E-state index in [9.17, 15) is 4.79 Å². The van der Waals surface area contributed by atoms with Crippen LogP contribution in [0.3, 0.4) is 0 Å². The van der Waals surface area contributed by atoms with Crippen molar-refractivity contribution in [3.8, 4) is 5.75 Å². The molecule has 0 bridgehead atoms. The van der Waals surface area contributed by atoms with Crippen molar-refractivity contribution in [2.75, 3.05) is 5.32 Å². The quantitative estimate of drug-likeness (QED) is 0.559. The van der Waals surface area contributed by atoms with Gasteiger partial charge in [-0.1, -0.05) is 62.4 Å². The van der Waals surface area contributed by atoms with E-state index in [1.165, 1.54) is 0 Å². The first-order chi connectivity index (χ1) is 13.2. The molecule has 0 saturated heterocycles. The van der Waals surface area contributed by atoms with Crippen molar-refractivity contribution in [1.29, 1.82) is 0 Å². The van der Waals surface area contributed by atoms with Crippen molar-refractivity contribution in [2.24, 2.45) is 0 Å². The van der Waals surface area contributed by atoms with E-state index in [4.69, 9.17) is 4.74 Å². The molecule has 0 radical (unpaired) electrons. The first-order valence-electron chi connectivity index (χ1n) is 9.34. The van der Waals surface area contributed by atoms with Crippen LogP contribution in [0, 0.1) is 0 Å². The first-order valence-corrected chi connectivity index (χ1v) is 9.34. The lowest BCUT2D eigenvalue weighted by atomic mass is 9.97. The van der Waals surface area contributed by atoms with Gasteiger partial charge in [0.25, 0.3) is 5.91 Å². The van der Waals surface area contributed by atoms with Gasteiger partial charge in [0.15, 0.2) is 0 Å². The summed E-state index contributed by atoms with van der Waals surface area (Å²) in [5, 5.41) is 3.04. The average Bonchev–Trinajstić information content (AvgIpc) is 2.73. The van der Waals surface area contributed by atoms with Gasteiger partial charge in [-0.05, 0) is 53.8 Å². The van der Waals surface area contributed by atoms with E-state index in [1.54, 1.807) is 12.1 Å². The molecule has 3 heteroatoms. The summed E-state index contributed by atoms with van der Waals surface area (Å²) in [7, 11) is 0. The predicted molar refractivity (Wildman–Crippen MR) is 110 cm³/mol. The average molecular weight is 359 g/mol. The number of carbonyl (C=O) groups excluding carboxylic acids is 1. The summed E-state index contributed by atoms with van der Waals surface area (Å²) in [6, 6.07) is 25.2. The molecule has 0 aliphatic heterocycles. The fraction of sp³-hybridized carbons (Fsp3) is 0.208. The number of para-hydroxylation sites is 1. The Kier molecular flexibility index (Phi) is 6.26. The van der Waals surface area contributed by atoms with Gasteiger partial charge in [0.05, 0.1) is 0 Å². The third-order valence-corrected chi connectivity index (χ3v) is 4.72. The molecule has 0 heterocycles. The van der Waals surface area contributed by atoms with Crippen LogP contribution in [0.15, 0.2) is 78.9 Å². The van der Waals surface area contributed by atoms with Gasteiger partial charge >= 0.3 is 0 Å². The predicted octanol–water partition coefficient (Wildman–Crippen LogP) is 6.03. The number of rotatable bonds is 7. The Labute approximate surface area is 161 Å². The molecule has 3 nitrogen and oxygen atoms in total. The molecule has 1 atom stereocenters. The van der Waals surface area contributed by atoms with Crippen molar-refractivity contribution in [1.82, 2.24) is 0 Å². The number of nitrogens with one attached hydrogen (secondary N) is 1. The van der Waals surface area contributed by atoms with Gasteiger partial charge in [0.1, 0.15) is 12.4 Å². The smallest absolute Gasteiger partial charge is 0.255 e. The number of benzene rings is 3. The first kappa shape index (κ1) is 18.7. The van der Waals surface area contributed by atoms with Gasteiger partial charge in [0.2, 0.25) is 0 Å². The van der Waals surface area contributed by atoms with Gasteiger partial charge in [-0.15, -0.1) is 0 Å². The zero-order valence-electron chi connectivity index (χ0n) is 15.8.